The highest BCUT2D eigenvalue weighted by molar-refractivity contribution is 5.79. The molecule has 0 aromatic rings. The van der Waals surface area contributed by atoms with E-state index in [9.17, 15) is 4.79 Å². The van der Waals surface area contributed by atoms with Crippen LogP contribution in [-0.4, -0.2) is 37.0 Å². The maximum atomic E-state index is 11.4. The summed E-state index contributed by atoms with van der Waals surface area (Å²) >= 11 is 0. The van der Waals surface area contributed by atoms with Gasteiger partial charge in [0.1, 0.15) is 0 Å². The Balaban J connectivity index is 2.09. The molecule has 68 valence electrons. The van der Waals surface area contributed by atoms with Crippen molar-refractivity contribution in [2.45, 2.75) is 25.3 Å². The lowest BCUT2D eigenvalue weighted by Gasteiger charge is -2.22. The van der Waals surface area contributed by atoms with Crippen molar-refractivity contribution in [1.82, 2.24) is 10.2 Å². The Labute approximate surface area is 73.1 Å². The monoisotopic (exact) mass is 168 g/mol. The molecule has 2 aliphatic rings. The quantitative estimate of drug-likeness (QED) is 0.561. The Morgan fingerprint density at radius 2 is 2.42 bits per heavy atom. The van der Waals surface area contributed by atoms with Crippen LogP contribution in [0.15, 0.2) is 0 Å². The van der Waals surface area contributed by atoms with Gasteiger partial charge < -0.3 is 10.2 Å². The molecule has 0 bridgehead atoms. The zero-order chi connectivity index (χ0) is 8.55. The molecule has 0 aromatic carbocycles. The molecule has 2 atom stereocenters. The lowest BCUT2D eigenvalue weighted by atomic mass is 9.98. The van der Waals surface area contributed by atoms with Crippen LogP contribution in [-0.2, 0) is 4.79 Å². The molecule has 0 aromatic heterocycles. The number of carbonyl (C=O) groups excluding carboxylic acids is 1. The van der Waals surface area contributed by atoms with Crippen LogP contribution in [0.25, 0.3) is 0 Å². The summed E-state index contributed by atoms with van der Waals surface area (Å²) in [5, 5.41) is 3.38. The number of hydrogen-bond donors (Lipinski definition) is 1. The van der Waals surface area contributed by atoms with Gasteiger partial charge in [-0.25, -0.2) is 0 Å². The van der Waals surface area contributed by atoms with Crippen molar-refractivity contribution in [3.8, 4) is 0 Å². The van der Waals surface area contributed by atoms with Crippen LogP contribution >= 0.6 is 0 Å². The van der Waals surface area contributed by atoms with E-state index in [1.165, 1.54) is 12.8 Å². The highest BCUT2D eigenvalue weighted by Crippen LogP contribution is 2.28. The van der Waals surface area contributed by atoms with Gasteiger partial charge in [-0.3, -0.25) is 4.79 Å². The predicted octanol–water partition coefficient (Wildman–Crippen LogP) is 0.217. The topological polar surface area (TPSA) is 32.3 Å². The van der Waals surface area contributed by atoms with Crippen molar-refractivity contribution in [3.05, 3.63) is 0 Å². The van der Waals surface area contributed by atoms with Crippen molar-refractivity contribution in [3.63, 3.8) is 0 Å². The van der Waals surface area contributed by atoms with Gasteiger partial charge in [-0.2, -0.15) is 0 Å². The minimum atomic E-state index is 0.327. The first-order chi connectivity index (χ1) is 5.79. The van der Waals surface area contributed by atoms with Crippen molar-refractivity contribution in [2.24, 2.45) is 5.92 Å². The Hall–Kier alpha value is -0.570. The molecule has 3 nitrogen and oxygen atoms in total. The Kier molecular flexibility index (Phi) is 2.05. The van der Waals surface area contributed by atoms with Crippen LogP contribution in [0.5, 0.6) is 0 Å². The molecule has 0 aliphatic carbocycles. The van der Waals surface area contributed by atoms with E-state index in [-0.39, 0.29) is 0 Å². The van der Waals surface area contributed by atoms with Crippen molar-refractivity contribution in [1.29, 1.82) is 0 Å². The van der Waals surface area contributed by atoms with Gasteiger partial charge in [0.15, 0.2) is 0 Å². The molecule has 0 unspecified atom stereocenters. The molecule has 2 rings (SSSR count). The lowest BCUT2D eigenvalue weighted by Crippen LogP contribution is -2.32. The molecule has 12 heavy (non-hydrogen) atoms. The van der Waals surface area contributed by atoms with E-state index in [0.717, 1.165) is 19.5 Å². The molecule has 2 aliphatic heterocycles. The first-order valence-electron chi connectivity index (χ1n) is 4.75. The minimum absolute atomic E-state index is 0.327. The smallest absolute Gasteiger partial charge is 0.222 e. The first kappa shape index (κ1) is 8.05. The molecule has 0 radical (unpaired) electrons. The normalized spacial score (nSPS) is 36.4. The highest BCUT2D eigenvalue weighted by Gasteiger charge is 2.37. The van der Waals surface area contributed by atoms with Crippen molar-refractivity contribution in [2.75, 3.05) is 20.1 Å². The average Bonchev–Trinajstić information content (AvgIpc) is 2.30. The largest absolute Gasteiger partial charge is 0.342 e. The minimum Gasteiger partial charge on any atom is -0.342 e. The van der Waals surface area contributed by atoms with Gasteiger partial charge in [0.2, 0.25) is 5.91 Å². The number of carbonyl (C=O) groups is 1. The van der Waals surface area contributed by atoms with E-state index in [2.05, 4.69) is 5.32 Å². The van der Waals surface area contributed by atoms with Gasteiger partial charge in [0.05, 0.1) is 0 Å². The summed E-state index contributed by atoms with van der Waals surface area (Å²) in [7, 11) is 1.94. The summed E-state index contributed by atoms with van der Waals surface area (Å²) in [4.78, 5) is 13.3. The van der Waals surface area contributed by atoms with Crippen LogP contribution < -0.4 is 5.32 Å². The van der Waals surface area contributed by atoms with Gasteiger partial charge >= 0.3 is 0 Å². The van der Waals surface area contributed by atoms with Crippen LogP contribution in [0.2, 0.25) is 0 Å². The average molecular weight is 168 g/mol. The third-order valence-corrected chi connectivity index (χ3v) is 3.13. The van der Waals surface area contributed by atoms with Crippen LogP contribution in [0.1, 0.15) is 19.3 Å². The Morgan fingerprint density at radius 1 is 1.58 bits per heavy atom. The lowest BCUT2D eigenvalue weighted by molar-refractivity contribution is -0.127. The summed E-state index contributed by atoms with van der Waals surface area (Å²) in [5.41, 5.74) is 0. The fourth-order valence-electron chi connectivity index (χ4n) is 2.37. The van der Waals surface area contributed by atoms with Crippen molar-refractivity contribution >= 4 is 5.91 Å². The fourth-order valence-corrected chi connectivity index (χ4v) is 2.37. The van der Waals surface area contributed by atoms with Gasteiger partial charge in [-0.15, -0.1) is 0 Å². The third-order valence-electron chi connectivity index (χ3n) is 3.13. The van der Waals surface area contributed by atoms with E-state index in [4.69, 9.17) is 0 Å². The number of nitrogens with zero attached hydrogens (tertiary/aromatic N) is 1. The van der Waals surface area contributed by atoms with Gasteiger partial charge in [-0.1, -0.05) is 0 Å². The maximum absolute atomic E-state index is 11.4. The molecule has 1 amide bonds. The number of likely N-dealkylation sites (tertiary alicyclic amines) is 1. The summed E-state index contributed by atoms with van der Waals surface area (Å²) in [6.45, 7) is 2.15. The van der Waals surface area contributed by atoms with Gasteiger partial charge in [-0.05, 0) is 19.4 Å². The van der Waals surface area contributed by atoms with E-state index >= 15 is 0 Å². The summed E-state index contributed by atoms with van der Waals surface area (Å²) in [5.74, 6) is 0.902. The maximum Gasteiger partial charge on any atom is 0.222 e. The molecule has 0 saturated carbocycles. The summed E-state index contributed by atoms with van der Waals surface area (Å²) < 4.78 is 0. The third kappa shape index (κ3) is 1.22. The SMILES string of the molecule is CN1C(=O)C[C@@H]2CNCCC[C@H]21. The molecular formula is C9H16N2O. The highest BCUT2D eigenvalue weighted by atomic mass is 16.2. The fraction of sp³-hybridized carbons (Fsp3) is 0.889. The van der Waals surface area contributed by atoms with Crippen LogP contribution in [0, 0.1) is 5.92 Å². The first-order valence-corrected chi connectivity index (χ1v) is 4.75. The van der Waals surface area contributed by atoms with Gasteiger partial charge in [0, 0.05) is 32.0 Å². The van der Waals surface area contributed by atoms with E-state index in [1.807, 2.05) is 11.9 Å². The number of nitrogens with one attached hydrogen (secondary N) is 1. The molecule has 2 heterocycles. The zero-order valence-electron chi connectivity index (χ0n) is 7.55. The summed E-state index contributed by atoms with van der Waals surface area (Å²) in [6.07, 6.45) is 3.15. The molecule has 1 N–H and O–H groups in total. The Bertz CT molecular complexity index is 193. The number of hydrogen-bond acceptors (Lipinski definition) is 2. The molecule has 0 spiro atoms. The second-order valence-corrected chi connectivity index (χ2v) is 3.88. The standard InChI is InChI=1S/C9H16N2O/c1-11-8-3-2-4-10-6-7(8)5-9(11)12/h7-8,10H,2-6H2,1H3/t7-,8-/m1/s1. The van der Waals surface area contributed by atoms with E-state index in [1.54, 1.807) is 0 Å². The summed E-state index contributed by atoms with van der Waals surface area (Å²) in [6, 6.07) is 0.521. The Morgan fingerprint density at radius 3 is 3.25 bits per heavy atom. The second-order valence-electron chi connectivity index (χ2n) is 3.88. The van der Waals surface area contributed by atoms with Crippen molar-refractivity contribution < 1.29 is 4.79 Å². The molecule has 2 saturated heterocycles. The molecule has 3 heteroatoms. The number of rotatable bonds is 0. The van der Waals surface area contributed by atoms with Crippen LogP contribution in [0.4, 0.5) is 0 Å². The number of fused-ring (bicyclic) bond motifs is 1. The van der Waals surface area contributed by atoms with Crippen LogP contribution in [0.3, 0.4) is 0 Å². The predicted molar refractivity (Wildman–Crippen MR) is 46.8 cm³/mol. The second kappa shape index (κ2) is 3.05. The van der Waals surface area contributed by atoms with E-state index < -0.39 is 0 Å². The number of amides is 1. The van der Waals surface area contributed by atoms with E-state index in [0.29, 0.717) is 17.9 Å². The zero-order valence-corrected chi connectivity index (χ0v) is 7.55. The van der Waals surface area contributed by atoms with Gasteiger partial charge in [0.25, 0.3) is 0 Å². The molecule has 2 fully saturated rings. The molecular weight excluding hydrogens is 152 g/mol.